The van der Waals surface area contributed by atoms with E-state index < -0.39 is 0 Å². The van der Waals surface area contributed by atoms with Crippen LogP contribution in [-0.4, -0.2) is 4.57 Å². The van der Waals surface area contributed by atoms with Crippen LogP contribution in [0.2, 0.25) is 0 Å². The predicted octanol–water partition coefficient (Wildman–Crippen LogP) is 15.1. The van der Waals surface area contributed by atoms with Crippen molar-refractivity contribution >= 4 is 76.1 Å². The molecule has 0 aliphatic carbocycles. The number of hydrogen-bond donors (Lipinski definition) is 0. The molecule has 0 saturated carbocycles. The summed E-state index contributed by atoms with van der Waals surface area (Å²) in [7, 11) is 0. The van der Waals surface area contributed by atoms with E-state index in [1.807, 2.05) is 0 Å². The number of fused-ring (bicyclic) bond motifs is 10. The van der Waals surface area contributed by atoms with Crippen molar-refractivity contribution < 1.29 is 4.42 Å². The van der Waals surface area contributed by atoms with Gasteiger partial charge in [0, 0.05) is 32.6 Å². The van der Waals surface area contributed by atoms with Gasteiger partial charge in [0.15, 0.2) is 0 Å². The van der Waals surface area contributed by atoms with E-state index in [-0.39, 0.29) is 0 Å². The van der Waals surface area contributed by atoms with Gasteiger partial charge in [-0.2, -0.15) is 0 Å². The molecule has 0 fully saturated rings. The van der Waals surface area contributed by atoms with Gasteiger partial charge in [0.1, 0.15) is 11.2 Å². The standard InChI is InChI=1S/C54H33NO/c1-3-17-34(18-4-1)51-39-23-8-10-25-41(39)52(42-26-11-9-24-40(42)51)47-31-35(32-50-53(47)44-28-14-16-30-49(44)56-50)45-33-46-38-22-13-15-29-48(38)55(36-19-5-2-6-20-36)54(46)43-27-12-7-21-37(43)45/h1-33H. The monoisotopic (exact) mass is 711 g/mol. The lowest BCUT2D eigenvalue weighted by Gasteiger charge is -2.19. The molecule has 0 spiro atoms. The highest BCUT2D eigenvalue weighted by molar-refractivity contribution is 6.27. The van der Waals surface area contributed by atoms with Crippen LogP contribution in [0.4, 0.5) is 0 Å². The Morgan fingerprint density at radius 2 is 0.857 bits per heavy atom. The van der Waals surface area contributed by atoms with Crippen LogP contribution in [0.1, 0.15) is 0 Å². The van der Waals surface area contributed by atoms with Gasteiger partial charge in [-0.05, 0) is 103 Å². The SMILES string of the molecule is c1ccc(-c2c3ccccc3c(-c3cc(-c4cc5c6ccccc6n(-c6ccccc6)c5c5ccccc45)cc4oc5ccccc5c34)c3ccccc23)cc1. The van der Waals surface area contributed by atoms with Crippen molar-refractivity contribution in [1.29, 1.82) is 0 Å². The van der Waals surface area contributed by atoms with Crippen molar-refractivity contribution in [2.24, 2.45) is 0 Å². The average molecular weight is 712 g/mol. The minimum atomic E-state index is 0.884. The van der Waals surface area contributed by atoms with Gasteiger partial charge in [-0.15, -0.1) is 0 Å². The Hall–Kier alpha value is -7.42. The van der Waals surface area contributed by atoms with Gasteiger partial charge < -0.3 is 8.98 Å². The van der Waals surface area contributed by atoms with E-state index in [2.05, 4.69) is 205 Å². The van der Waals surface area contributed by atoms with Crippen LogP contribution in [0, 0.1) is 0 Å². The summed E-state index contributed by atoms with van der Waals surface area (Å²) in [5.74, 6) is 0. The van der Waals surface area contributed by atoms with Crippen LogP contribution in [0.3, 0.4) is 0 Å². The Balaban J connectivity index is 1.24. The van der Waals surface area contributed by atoms with E-state index in [1.54, 1.807) is 0 Å². The smallest absolute Gasteiger partial charge is 0.136 e. The third kappa shape index (κ3) is 4.44. The fourth-order valence-electron chi connectivity index (χ4n) is 9.45. The first-order valence-electron chi connectivity index (χ1n) is 19.3. The fraction of sp³-hybridized carbons (Fsp3) is 0. The molecule has 0 bridgehead atoms. The molecule has 2 heterocycles. The molecule has 0 atom stereocenters. The second-order valence-corrected chi connectivity index (χ2v) is 14.8. The van der Waals surface area contributed by atoms with E-state index in [1.165, 1.54) is 81.9 Å². The summed E-state index contributed by atoms with van der Waals surface area (Å²) in [4.78, 5) is 0. The molecule has 2 nitrogen and oxygen atoms in total. The molecule has 0 saturated heterocycles. The van der Waals surface area contributed by atoms with Gasteiger partial charge in [0.2, 0.25) is 0 Å². The van der Waals surface area contributed by atoms with Gasteiger partial charge in [-0.3, -0.25) is 0 Å². The molecular formula is C54H33NO. The molecule has 0 unspecified atom stereocenters. The third-order valence-corrected chi connectivity index (χ3v) is 11.7. The highest BCUT2D eigenvalue weighted by atomic mass is 16.3. The van der Waals surface area contributed by atoms with Crippen LogP contribution in [0.25, 0.3) is 115 Å². The van der Waals surface area contributed by atoms with E-state index in [0.29, 0.717) is 0 Å². The highest BCUT2D eigenvalue weighted by Gasteiger charge is 2.23. The lowest BCUT2D eigenvalue weighted by molar-refractivity contribution is 0.669. The zero-order chi connectivity index (χ0) is 36.7. The van der Waals surface area contributed by atoms with Crippen LogP contribution in [0.15, 0.2) is 205 Å². The van der Waals surface area contributed by atoms with Crippen molar-refractivity contribution in [2.75, 3.05) is 0 Å². The maximum atomic E-state index is 6.82. The first-order valence-corrected chi connectivity index (χ1v) is 19.3. The van der Waals surface area contributed by atoms with Gasteiger partial charge in [-0.1, -0.05) is 158 Å². The molecule has 56 heavy (non-hydrogen) atoms. The summed E-state index contributed by atoms with van der Waals surface area (Å²) in [5.41, 5.74) is 12.5. The summed E-state index contributed by atoms with van der Waals surface area (Å²) < 4.78 is 9.25. The number of benzene rings is 10. The van der Waals surface area contributed by atoms with Crippen molar-refractivity contribution in [3.63, 3.8) is 0 Å². The largest absolute Gasteiger partial charge is 0.456 e. The summed E-state index contributed by atoms with van der Waals surface area (Å²) in [6.45, 7) is 0. The number of aromatic nitrogens is 1. The molecule has 260 valence electrons. The molecule has 12 rings (SSSR count). The van der Waals surface area contributed by atoms with Gasteiger partial charge in [0.05, 0.1) is 11.0 Å². The predicted molar refractivity (Wildman–Crippen MR) is 237 cm³/mol. The molecular weight excluding hydrogens is 679 g/mol. The minimum absolute atomic E-state index is 0.884. The molecule has 2 heteroatoms. The van der Waals surface area contributed by atoms with Gasteiger partial charge >= 0.3 is 0 Å². The Morgan fingerprint density at radius 1 is 0.321 bits per heavy atom. The lowest BCUT2D eigenvalue weighted by Crippen LogP contribution is -1.95. The molecule has 0 amide bonds. The topological polar surface area (TPSA) is 18.1 Å². The summed E-state index contributed by atoms with van der Waals surface area (Å²) in [6, 6.07) is 72.7. The molecule has 2 aromatic heterocycles. The van der Waals surface area contributed by atoms with E-state index >= 15 is 0 Å². The van der Waals surface area contributed by atoms with Crippen LogP contribution < -0.4 is 0 Å². The normalized spacial score (nSPS) is 11.9. The Kier molecular flexibility index (Phi) is 6.66. The fourth-order valence-corrected chi connectivity index (χ4v) is 9.45. The van der Waals surface area contributed by atoms with Crippen molar-refractivity contribution in [2.45, 2.75) is 0 Å². The van der Waals surface area contributed by atoms with Gasteiger partial charge in [0.25, 0.3) is 0 Å². The molecule has 0 radical (unpaired) electrons. The Bertz CT molecular complexity index is 3460. The third-order valence-electron chi connectivity index (χ3n) is 11.7. The van der Waals surface area contributed by atoms with E-state index in [4.69, 9.17) is 4.42 Å². The van der Waals surface area contributed by atoms with Crippen LogP contribution in [0.5, 0.6) is 0 Å². The van der Waals surface area contributed by atoms with Crippen LogP contribution in [-0.2, 0) is 0 Å². The maximum Gasteiger partial charge on any atom is 0.136 e. The Morgan fingerprint density at radius 3 is 1.55 bits per heavy atom. The second-order valence-electron chi connectivity index (χ2n) is 14.8. The minimum Gasteiger partial charge on any atom is -0.456 e. The zero-order valence-electron chi connectivity index (χ0n) is 30.4. The molecule has 12 aromatic rings. The number of rotatable bonds is 4. The van der Waals surface area contributed by atoms with E-state index in [9.17, 15) is 0 Å². The number of para-hydroxylation sites is 3. The Labute approximate surface area is 323 Å². The quantitative estimate of drug-likeness (QED) is 0.166. The summed E-state index contributed by atoms with van der Waals surface area (Å²) >= 11 is 0. The van der Waals surface area contributed by atoms with Crippen molar-refractivity contribution in [1.82, 2.24) is 4.57 Å². The summed E-state index contributed by atoms with van der Waals surface area (Å²) in [6.07, 6.45) is 0. The van der Waals surface area contributed by atoms with Crippen molar-refractivity contribution in [3.05, 3.63) is 200 Å². The number of furan rings is 1. The molecule has 0 aliphatic heterocycles. The average Bonchev–Trinajstić information content (AvgIpc) is 3.81. The van der Waals surface area contributed by atoms with E-state index in [0.717, 1.165) is 33.2 Å². The first kappa shape index (κ1) is 31.0. The lowest BCUT2D eigenvalue weighted by atomic mass is 9.84. The molecule has 0 aliphatic rings. The number of nitrogens with zero attached hydrogens (tertiary/aromatic N) is 1. The highest BCUT2D eigenvalue weighted by Crippen LogP contribution is 2.49. The first-order chi connectivity index (χ1) is 27.8. The molecule has 0 N–H and O–H groups in total. The maximum absolute atomic E-state index is 6.82. The second kappa shape index (κ2) is 12.0. The summed E-state index contributed by atoms with van der Waals surface area (Å²) in [5, 5.41) is 12.1. The molecule has 10 aromatic carbocycles. The zero-order valence-corrected chi connectivity index (χ0v) is 30.4. The van der Waals surface area contributed by atoms with Crippen LogP contribution >= 0.6 is 0 Å². The number of hydrogen-bond acceptors (Lipinski definition) is 1. The van der Waals surface area contributed by atoms with Gasteiger partial charge in [-0.25, -0.2) is 0 Å². The van der Waals surface area contributed by atoms with Crippen molar-refractivity contribution in [3.8, 4) is 39.1 Å².